The standard InChI is InChI=1S/C13H14F3NO2/c1-19-9-4-5-11(17-6-2-3-7-17)10(8-9)12(18)13(14,15)16/h4-5,8H,2-3,6-7H2,1H3. The quantitative estimate of drug-likeness (QED) is 0.793. The molecule has 0 amide bonds. The van der Waals surface area contributed by atoms with E-state index in [0.717, 1.165) is 18.9 Å². The number of Topliss-reactive ketones (excluding diaryl/α,β-unsaturated/α-hetero) is 1. The van der Waals surface area contributed by atoms with Gasteiger partial charge in [-0.15, -0.1) is 0 Å². The van der Waals surface area contributed by atoms with E-state index < -0.39 is 12.0 Å². The van der Waals surface area contributed by atoms with E-state index in [0.29, 0.717) is 18.8 Å². The Labute approximate surface area is 109 Å². The van der Waals surface area contributed by atoms with Crippen LogP contribution in [0.3, 0.4) is 0 Å². The molecular formula is C13H14F3NO2. The number of rotatable bonds is 3. The summed E-state index contributed by atoms with van der Waals surface area (Å²) >= 11 is 0. The number of nitrogens with zero attached hydrogens (tertiary/aromatic N) is 1. The summed E-state index contributed by atoms with van der Waals surface area (Å²) in [5.41, 5.74) is -0.00521. The molecule has 0 saturated carbocycles. The fourth-order valence-corrected chi connectivity index (χ4v) is 2.21. The second kappa shape index (κ2) is 5.11. The first-order valence-corrected chi connectivity index (χ1v) is 5.98. The van der Waals surface area contributed by atoms with E-state index in [4.69, 9.17) is 4.74 Å². The zero-order chi connectivity index (χ0) is 14.0. The Morgan fingerprint density at radius 3 is 2.42 bits per heavy atom. The summed E-state index contributed by atoms with van der Waals surface area (Å²) in [5.74, 6) is -1.58. The summed E-state index contributed by atoms with van der Waals surface area (Å²) in [7, 11) is 1.35. The highest BCUT2D eigenvalue weighted by Gasteiger charge is 2.41. The molecule has 0 unspecified atom stereocenters. The van der Waals surface area contributed by atoms with E-state index in [1.165, 1.54) is 13.2 Å². The van der Waals surface area contributed by atoms with Crippen LogP contribution in [0.2, 0.25) is 0 Å². The topological polar surface area (TPSA) is 29.5 Å². The molecule has 19 heavy (non-hydrogen) atoms. The molecule has 0 bridgehead atoms. The van der Waals surface area contributed by atoms with Gasteiger partial charge in [-0.05, 0) is 31.0 Å². The van der Waals surface area contributed by atoms with Crippen LogP contribution >= 0.6 is 0 Å². The lowest BCUT2D eigenvalue weighted by molar-refractivity contribution is -0.0884. The maximum absolute atomic E-state index is 12.6. The van der Waals surface area contributed by atoms with E-state index in [-0.39, 0.29) is 11.3 Å². The molecule has 3 nitrogen and oxygen atoms in total. The van der Waals surface area contributed by atoms with Gasteiger partial charge in [-0.1, -0.05) is 0 Å². The molecule has 0 aromatic heterocycles. The van der Waals surface area contributed by atoms with Crippen LogP contribution in [0, 0.1) is 0 Å². The average molecular weight is 273 g/mol. The number of carbonyl (C=O) groups is 1. The summed E-state index contributed by atoms with van der Waals surface area (Å²) < 4.78 is 42.8. The first kappa shape index (κ1) is 13.7. The third kappa shape index (κ3) is 2.83. The van der Waals surface area contributed by atoms with Crippen molar-refractivity contribution in [3.05, 3.63) is 23.8 Å². The first-order chi connectivity index (χ1) is 8.93. The number of anilines is 1. The summed E-state index contributed by atoms with van der Waals surface area (Å²) in [6.07, 6.45) is -3.03. The van der Waals surface area contributed by atoms with Crippen molar-refractivity contribution in [2.75, 3.05) is 25.1 Å². The number of methoxy groups -OCH3 is 1. The Morgan fingerprint density at radius 2 is 1.89 bits per heavy atom. The molecule has 0 aliphatic carbocycles. The number of alkyl halides is 3. The lowest BCUT2D eigenvalue weighted by Gasteiger charge is -2.21. The Balaban J connectivity index is 2.45. The van der Waals surface area contributed by atoms with Crippen LogP contribution in [0.1, 0.15) is 23.2 Å². The highest BCUT2D eigenvalue weighted by atomic mass is 19.4. The van der Waals surface area contributed by atoms with Crippen molar-refractivity contribution >= 4 is 11.5 Å². The van der Waals surface area contributed by atoms with Crippen LogP contribution in [-0.4, -0.2) is 32.2 Å². The highest BCUT2D eigenvalue weighted by molar-refractivity contribution is 6.05. The number of hydrogen-bond donors (Lipinski definition) is 0. The van der Waals surface area contributed by atoms with Crippen LogP contribution in [0.15, 0.2) is 18.2 Å². The Morgan fingerprint density at radius 1 is 1.26 bits per heavy atom. The monoisotopic (exact) mass is 273 g/mol. The molecule has 0 N–H and O–H groups in total. The van der Waals surface area contributed by atoms with Crippen molar-refractivity contribution in [1.82, 2.24) is 0 Å². The first-order valence-electron chi connectivity index (χ1n) is 5.98. The van der Waals surface area contributed by atoms with E-state index in [9.17, 15) is 18.0 Å². The number of carbonyl (C=O) groups excluding carboxylic acids is 1. The number of ether oxygens (including phenoxy) is 1. The average Bonchev–Trinajstić information content (AvgIpc) is 2.89. The molecule has 1 saturated heterocycles. The number of ketones is 1. The van der Waals surface area contributed by atoms with E-state index in [1.807, 2.05) is 0 Å². The molecule has 1 aromatic rings. The van der Waals surface area contributed by atoms with Crippen molar-refractivity contribution in [1.29, 1.82) is 0 Å². The molecule has 1 aliphatic heterocycles. The molecule has 2 rings (SSSR count). The number of halogens is 3. The number of benzene rings is 1. The smallest absolute Gasteiger partial charge is 0.454 e. The lowest BCUT2D eigenvalue weighted by Crippen LogP contribution is -2.27. The van der Waals surface area contributed by atoms with Crippen LogP contribution < -0.4 is 9.64 Å². The predicted molar refractivity (Wildman–Crippen MR) is 64.8 cm³/mol. The largest absolute Gasteiger partial charge is 0.497 e. The highest BCUT2D eigenvalue weighted by Crippen LogP contribution is 2.32. The molecule has 1 aromatic carbocycles. The van der Waals surface area contributed by atoms with Gasteiger partial charge in [-0.3, -0.25) is 4.79 Å². The van der Waals surface area contributed by atoms with Gasteiger partial charge in [0.1, 0.15) is 5.75 Å². The van der Waals surface area contributed by atoms with Gasteiger partial charge in [-0.25, -0.2) is 0 Å². The van der Waals surface area contributed by atoms with Gasteiger partial charge in [0, 0.05) is 18.8 Å². The molecule has 0 spiro atoms. The third-order valence-corrected chi connectivity index (χ3v) is 3.15. The normalized spacial score (nSPS) is 15.7. The minimum Gasteiger partial charge on any atom is -0.497 e. The molecule has 1 fully saturated rings. The van der Waals surface area contributed by atoms with Crippen LogP contribution in [0.5, 0.6) is 5.75 Å². The van der Waals surface area contributed by atoms with Crippen molar-refractivity contribution in [2.45, 2.75) is 19.0 Å². The van der Waals surface area contributed by atoms with Gasteiger partial charge in [0.15, 0.2) is 0 Å². The van der Waals surface area contributed by atoms with Crippen molar-refractivity contribution in [3.8, 4) is 5.75 Å². The van der Waals surface area contributed by atoms with Gasteiger partial charge in [0.25, 0.3) is 5.78 Å². The maximum atomic E-state index is 12.6. The van der Waals surface area contributed by atoms with E-state index in [1.54, 1.807) is 11.0 Å². The predicted octanol–water partition coefficient (Wildman–Crippen LogP) is 3.04. The minimum absolute atomic E-state index is 0.246. The zero-order valence-corrected chi connectivity index (χ0v) is 10.5. The summed E-state index contributed by atoms with van der Waals surface area (Å²) in [6.45, 7) is 1.34. The van der Waals surface area contributed by atoms with Crippen molar-refractivity contribution < 1.29 is 22.7 Å². The van der Waals surface area contributed by atoms with E-state index in [2.05, 4.69) is 0 Å². The van der Waals surface area contributed by atoms with Gasteiger partial charge in [0.05, 0.1) is 12.7 Å². The SMILES string of the molecule is COc1ccc(N2CCCC2)c(C(=O)C(F)(F)F)c1. The fraction of sp³-hybridized carbons (Fsp3) is 0.462. The van der Waals surface area contributed by atoms with Gasteiger partial charge in [0.2, 0.25) is 0 Å². The molecule has 1 heterocycles. The van der Waals surface area contributed by atoms with Gasteiger partial charge >= 0.3 is 6.18 Å². The van der Waals surface area contributed by atoms with Gasteiger partial charge in [-0.2, -0.15) is 13.2 Å². The Bertz CT molecular complexity index is 479. The Hall–Kier alpha value is -1.72. The third-order valence-electron chi connectivity index (χ3n) is 3.15. The fourth-order valence-electron chi connectivity index (χ4n) is 2.21. The molecular weight excluding hydrogens is 259 g/mol. The molecule has 0 radical (unpaired) electrons. The summed E-state index contributed by atoms with van der Waals surface area (Å²) in [4.78, 5) is 13.3. The van der Waals surface area contributed by atoms with Crippen LogP contribution in [0.4, 0.5) is 18.9 Å². The second-order valence-electron chi connectivity index (χ2n) is 4.40. The minimum atomic E-state index is -4.87. The number of hydrogen-bond acceptors (Lipinski definition) is 3. The van der Waals surface area contributed by atoms with Crippen LogP contribution in [0.25, 0.3) is 0 Å². The molecule has 0 atom stereocenters. The molecule has 104 valence electrons. The summed E-state index contributed by atoms with van der Waals surface area (Å²) in [5, 5.41) is 0. The lowest BCUT2D eigenvalue weighted by atomic mass is 10.1. The van der Waals surface area contributed by atoms with Gasteiger partial charge < -0.3 is 9.64 Å². The second-order valence-corrected chi connectivity index (χ2v) is 4.40. The van der Waals surface area contributed by atoms with Crippen molar-refractivity contribution in [2.24, 2.45) is 0 Å². The zero-order valence-electron chi connectivity index (χ0n) is 10.5. The summed E-state index contributed by atoms with van der Waals surface area (Å²) in [6, 6.07) is 4.24. The maximum Gasteiger partial charge on any atom is 0.454 e. The van der Waals surface area contributed by atoms with Crippen LogP contribution in [-0.2, 0) is 0 Å². The Kier molecular flexibility index (Phi) is 3.68. The molecule has 1 aliphatic rings. The van der Waals surface area contributed by atoms with E-state index >= 15 is 0 Å². The molecule has 6 heteroatoms. The van der Waals surface area contributed by atoms with Crippen molar-refractivity contribution in [3.63, 3.8) is 0 Å².